The van der Waals surface area contributed by atoms with E-state index < -0.39 is 0 Å². The van der Waals surface area contributed by atoms with Gasteiger partial charge in [0.1, 0.15) is 36.0 Å². The first-order valence-corrected chi connectivity index (χ1v) is 15.2. The summed E-state index contributed by atoms with van der Waals surface area (Å²) in [4.78, 5) is 16.7. The number of hydrogen-bond acceptors (Lipinski definition) is 10. The van der Waals surface area contributed by atoms with Crippen molar-refractivity contribution < 1.29 is 23.7 Å². The summed E-state index contributed by atoms with van der Waals surface area (Å²) in [6.07, 6.45) is 2.91. The number of halogens is 4. The highest BCUT2D eigenvalue weighted by atomic mass is 79.9. The van der Waals surface area contributed by atoms with Crippen LogP contribution in [0.2, 0.25) is 10.2 Å². The van der Waals surface area contributed by atoms with E-state index in [0.29, 0.717) is 51.3 Å². The molecule has 14 heteroatoms. The molecule has 0 spiro atoms. The van der Waals surface area contributed by atoms with Gasteiger partial charge >= 0.3 is 0 Å². The highest BCUT2D eigenvalue weighted by Gasteiger charge is 2.13. The van der Waals surface area contributed by atoms with Gasteiger partial charge in [-0.25, -0.2) is 19.9 Å². The number of nitrogens with one attached hydrogen (secondary N) is 1. The van der Waals surface area contributed by atoms with E-state index in [1.807, 2.05) is 48.5 Å². The van der Waals surface area contributed by atoms with E-state index in [1.165, 1.54) is 12.7 Å². The molecule has 47 heavy (non-hydrogen) atoms. The van der Waals surface area contributed by atoms with Crippen molar-refractivity contribution in [3.8, 4) is 28.7 Å². The maximum absolute atomic E-state index is 6.46. The van der Waals surface area contributed by atoms with Crippen molar-refractivity contribution in [1.29, 1.82) is 0 Å². The molecular weight excluding hydrogens is 733 g/mol. The fraction of sp³-hybridized carbons (Fsp3) is 0.152. The summed E-state index contributed by atoms with van der Waals surface area (Å²) in [6.45, 7) is 0.409. The highest BCUT2D eigenvalue weighted by molar-refractivity contribution is 9.10. The minimum absolute atomic E-state index is 0. The third-order valence-electron chi connectivity index (χ3n) is 6.77. The Labute approximate surface area is 295 Å². The summed E-state index contributed by atoms with van der Waals surface area (Å²) in [7, 11) is 6.33. The Kier molecular flexibility index (Phi) is 12.5. The lowest BCUT2D eigenvalue weighted by Gasteiger charge is -2.13. The van der Waals surface area contributed by atoms with Crippen molar-refractivity contribution in [2.75, 3.05) is 33.8 Å². The number of aromatic nitrogens is 4. The van der Waals surface area contributed by atoms with Gasteiger partial charge in [0.15, 0.2) is 23.0 Å². The molecule has 0 bridgehead atoms. The van der Waals surface area contributed by atoms with Gasteiger partial charge in [-0.05, 0) is 36.4 Å². The Bertz CT molecular complexity index is 2000. The van der Waals surface area contributed by atoms with Crippen molar-refractivity contribution in [2.45, 2.75) is 6.61 Å². The lowest BCUT2D eigenvalue weighted by molar-refractivity contribution is 0.305. The Morgan fingerprint density at radius 2 is 1.23 bits per heavy atom. The van der Waals surface area contributed by atoms with Crippen LogP contribution in [0.1, 0.15) is 5.56 Å². The van der Waals surface area contributed by atoms with E-state index in [4.69, 9.17) is 46.9 Å². The monoisotopic (exact) mass is 759 g/mol. The fourth-order valence-corrected chi connectivity index (χ4v) is 5.27. The Balaban J connectivity index is 0.000000262. The molecule has 0 amide bonds. The molecule has 0 aliphatic rings. The smallest absolute Gasteiger partial charge is 0.162 e. The van der Waals surface area contributed by atoms with Gasteiger partial charge < -0.3 is 29.0 Å². The Morgan fingerprint density at radius 3 is 1.85 bits per heavy atom. The minimum Gasteiger partial charge on any atom is -0.493 e. The zero-order chi connectivity index (χ0) is 32.6. The molecule has 244 valence electrons. The molecule has 0 fully saturated rings. The lowest BCUT2D eigenvalue weighted by atomic mass is 10.2. The van der Waals surface area contributed by atoms with Crippen molar-refractivity contribution in [2.24, 2.45) is 0 Å². The van der Waals surface area contributed by atoms with E-state index in [0.717, 1.165) is 37.5 Å². The van der Waals surface area contributed by atoms with Gasteiger partial charge in [-0.1, -0.05) is 57.3 Å². The molecule has 0 saturated carbocycles. The van der Waals surface area contributed by atoms with Crippen LogP contribution >= 0.6 is 51.5 Å². The summed E-state index contributed by atoms with van der Waals surface area (Å²) < 4.78 is 28.0. The predicted octanol–water partition coefficient (Wildman–Crippen LogP) is 9.11. The average Bonchev–Trinajstić information content (AvgIpc) is 3.08. The molecule has 0 unspecified atom stereocenters. The first kappa shape index (κ1) is 35.6. The van der Waals surface area contributed by atoms with E-state index in [9.17, 15) is 0 Å². The number of nitrogens with zero attached hydrogens (tertiary/aromatic N) is 4. The molecule has 1 N–H and O–H groups in total. The van der Waals surface area contributed by atoms with Crippen molar-refractivity contribution >= 4 is 84.8 Å². The maximum atomic E-state index is 6.46. The van der Waals surface area contributed by atoms with E-state index in [2.05, 4.69) is 41.2 Å². The quantitative estimate of drug-likeness (QED) is 0.143. The second-order valence-corrected chi connectivity index (χ2v) is 11.1. The van der Waals surface area contributed by atoms with Gasteiger partial charge in [-0.2, -0.15) is 0 Å². The van der Waals surface area contributed by atoms with Crippen molar-refractivity contribution in [3.63, 3.8) is 0 Å². The molecule has 4 aromatic carbocycles. The predicted molar refractivity (Wildman–Crippen MR) is 191 cm³/mol. The van der Waals surface area contributed by atoms with Crippen LogP contribution in [0.25, 0.3) is 21.8 Å². The Hall–Kier alpha value is -4.29. The summed E-state index contributed by atoms with van der Waals surface area (Å²) in [5, 5.41) is 5.73. The highest BCUT2D eigenvalue weighted by Crippen LogP contribution is 2.36. The summed E-state index contributed by atoms with van der Waals surface area (Å²) in [5.74, 6) is 3.67. The van der Waals surface area contributed by atoms with Gasteiger partial charge in [0.05, 0.1) is 44.5 Å². The summed E-state index contributed by atoms with van der Waals surface area (Å²) >= 11 is 15.9. The van der Waals surface area contributed by atoms with E-state index in [1.54, 1.807) is 46.6 Å². The molecule has 0 atom stereocenters. The zero-order valence-corrected chi connectivity index (χ0v) is 29.5. The lowest BCUT2D eigenvalue weighted by Crippen LogP contribution is -1.99. The number of anilines is 2. The zero-order valence-electron chi connectivity index (χ0n) is 25.6. The number of ether oxygens (including phenoxy) is 5. The first-order valence-electron chi connectivity index (χ1n) is 13.7. The number of rotatable bonds is 9. The topological polar surface area (TPSA) is 110 Å². The van der Waals surface area contributed by atoms with Crippen LogP contribution in [0.4, 0.5) is 11.5 Å². The van der Waals surface area contributed by atoms with Crippen LogP contribution in [-0.2, 0) is 6.61 Å². The molecule has 0 saturated heterocycles. The minimum atomic E-state index is 0. The first-order chi connectivity index (χ1) is 22.3. The van der Waals surface area contributed by atoms with Crippen LogP contribution in [0, 0.1) is 0 Å². The molecule has 0 aliphatic heterocycles. The second kappa shape index (κ2) is 16.5. The number of fused-ring (bicyclic) bond motifs is 2. The van der Waals surface area contributed by atoms with Gasteiger partial charge in [-0.3, -0.25) is 0 Å². The third-order valence-corrected chi connectivity index (χ3v) is 8.14. The van der Waals surface area contributed by atoms with Crippen LogP contribution in [0.5, 0.6) is 28.7 Å². The molecule has 6 aromatic rings. The standard InChI is InChI=1S/C23H19BrClN3O3.C10H9ClN2O2.ClH/c1-29-21-10-16-19(11-22(21)30-2)26-13-27-23(16)28-15-7-8-20(18(25)9-15)31-12-14-5-3-4-6-17(14)24;1-14-8-3-6-7(4-9(8)15-2)12-5-13-10(6)11;/h3-11,13H,12H2,1-2H3,(H,26,27,28);3-5H,1-2H3;1H. The van der Waals surface area contributed by atoms with E-state index in [-0.39, 0.29) is 12.4 Å². The molecule has 2 aromatic heterocycles. The summed E-state index contributed by atoms with van der Waals surface area (Å²) in [5.41, 5.74) is 3.27. The molecule has 6 rings (SSSR count). The van der Waals surface area contributed by atoms with Crippen LogP contribution < -0.4 is 29.0 Å². The molecular formula is C33H29BrCl3N5O5. The van der Waals surface area contributed by atoms with E-state index >= 15 is 0 Å². The third kappa shape index (κ3) is 8.36. The van der Waals surface area contributed by atoms with Gasteiger partial charge in [0.2, 0.25) is 0 Å². The molecule has 10 nitrogen and oxygen atoms in total. The second-order valence-electron chi connectivity index (χ2n) is 9.49. The largest absolute Gasteiger partial charge is 0.493 e. The van der Waals surface area contributed by atoms with Gasteiger partial charge in [0.25, 0.3) is 0 Å². The Morgan fingerprint density at radius 1 is 0.660 bits per heavy atom. The van der Waals surface area contributed by atoms with Gasteiger partial charge in [0, 0.05) is 38.6 Å². The summed E-state index contributed by atoms with van der Waals surface area (Å²) in [6, 6.07) is 20.6. The maximum Gasteiger partial charge on any atom is 0.162 e. The van der Waals surface area contributed by atoms with Crippen molar-refractivity contribution in [3.05, 3.63) is 99.6 Å². The molecule has 0 radical (unpaired) electrons. The number of methoxy groups -OCH3 is 4. The normalized spacial score (nSPS) is 10.4. The number of benzene rings is 4. The van der Waals surface area contributed by atoms with Gasteiger partial charge in [-0.15, -0.1) is 12.4 Å². The molecule has 2 heterocycles. The fourth-order valence-electron chi connectivity index (χ4n) is 4.44. The van der Waals surface area contributed by atoms with Crippen molar-refractivity contribution in [1.82, 2.24) is 19.9 Å². The average molecular weight is 762 g/mol. The number of hydrogen-bond donors (Lipinski definition) is 1. The molecule has 0 aliphatic carbocycles. The van der Waals surface area contributed by atoms with Crippen LogP contribution in [-0.4, -0.2) is 48.4 Å². The van der Waals surface area contributed by atoms with Crippen LogP contribution in [0.15, 0.2) is 83.9 Å². The van der Waals surface area contributed by atoms with Crippen LogP contribution in [0.3, 0.4) is 0 Å². The SMILES string of the molecule is COc1cc2ncnc(Cl)c2cc1OC.COc1cc2ncnc(Nc3ccc(OCc4ccccc4Br)c(Cl)c3)c2cc1OC.Cl.